The Morgan fingerprint density at radius 1 is 1.28 bits per heavy atom. The Kier molecular flexibility index (Phi) is 3.80. The molecule has 0 saturated carbocycles. The minimum absolute atomic E-state index is 0.215. The molecule has 2 aromatic rings. The lowest BCUT2D eigenvalue weighted by Gasteiger charge is -2.14. The van der Waals surface area contributed by atoms with Gasteiger partial charge in [-0.05, 0) is 42.2 Å². The van der Waals surface area contributed by atoms with Crippen molar-refractivity contribution in [2.24, 2.45) is 0 Å². The Hall–Kier alpha value is -1.64. The van der Waals surface area contributed by atoms with Crippen LogP contribution >= 0.6 is 0 Å². The van der Waals surface area contributed by atoms with Crippen LogP contribution in [0, 0.1) is 5.82 Å². The van der Waals surface area contributed by atoms with Gasteiger partial charge in [-0.2, -0.15) is 0 Å². The van der Waals surface area contributed by atoms with E-state index < -0.39 is 0 Å². The maximum atomic E-state index is 13.2. The summed E-state index contributed by atoms with van der Waals surface area (Å²) in [5, 5.41) is 4.21. The second-order valence-electron chi connectivity index (χ2n) is 4.84. The van der Waals surface area contributed by atoms with Crippen LogP contribution in [-0.2, 0) is 0 Å². The van der Waals surface area contributed by atoms with Gasteiger partial charge in [0.2, 0.25) is 0 Å². The molecule has 96 valence electrons. The molecule has 0 aliphatic heterocycles. The Balaban J connectivity index is 2.53. The predicted octanol–water partition coefficient (Wildman–Crippen LogP) is 4.32. The van der Waals surface area contributed by atoms with Gasteiger partial charge in [-0.3, -0.25) is 0 Å². The van der Waals surface area contributed by atoms with Gasteiger partial charge in [0.15, 0.2) is 0 Å². The summed E-state index contributed by atoms with van der Waals surface area (Å²) in [5.41, 5.74) is 1.97. The second kappa shape index (κ2) is 5.34. The third kappa shape index (κ3) is 2.61. The van der Waals surface area contributed by atoms with Crippen LogP contribution in [0.3, 0.4) is 0 Å². The molecule has 0 unspecified atom stereocenters. The molecule has 2 nitrogen and oxygen atoms in total. The molecule has 0 fully saturated rings. The zero-order chi connectivity index (χ0) is 13.1. The fraction of sp³-hybridized carbons (Fsp3) is 0.400. The summed E-state index contributed by atoms with van der Waals surface area (Å²) >= 11 is 0. The molecule has 3 heteroatoms. The highest BCUT2D eigenvalue weighted by molar-refractivity contribution is 5.82. The Labute approximate surface area is 107 Å². The van der Waals surface area contributed by atoms with E-state index in [1.54, 1.807) is 6.07 Å². The molecule has 0 bridgehead atoms. The van der Waals surface area contributed by atoms with Crippen LogP contribution in [0.2, 0.25) is 0 Å². The Morgan fingerprint density at radius 3 is 2.72 bits per heavy atom. The van der Waals surface area contributed by atoms with Gasteiger partial charge < -0.3 is 5.32 Å². The monoisotopic (exact) mass is 246 g/mol. The lowest BCUT2D eigenvalue weighted by atomic mass is 10.0. The molecule has 0 aliphatic carbocycles. The first-order valence-corrected chi connectivity index (χ1v) is 6.46. The summed E-state index contributed by atoms with van der Waals surface area (Å²) in [6.45, 7) is 7.27. The Bertz CT molecular complexity index is 549. The molecule has 1 N–H and O–H groups in total. The van der Waals surface area contributed by atoms with Gasteiger partial charge in [-0.1, -0.05) is 20.8 Å². The third-order valence-corrected chi connectivity index (χ3v) is 2.97. The van der Waals surface area contributed by atoms with Crippen LogP contribution in [-0.4, -0.2) is 11.5 Å². The molecule has 0 atom stereocenters. The quantitative estimate of drug-likeness (QED) is 0.869. The molecule has 0 aliphatic rings. The second-order valence-corrected chi connectivity index (χ2v) is 4.84. The van der Waals surface area contributed by atoms with E-state index in [0.29, 0.717) is 5.92 Å². The largest absolute Gasteiger partial charge is 0.370 e. The SMILES string of the molecule is CCCNc1nc2ccc(F)cc2cc1C(C)C. The summed E-state index contributed by atoms with van der Waals surface area (Å²) < 4.78 is 13.2. The van der Waals surface area contributed by atoms with Crippen molar-refractivity contribution in [3.05, 3.63) is 35.6 Å². The smallest absolute Gasteiger partial charge is 0.130 e. The van der Waals surface area contributed by atoms with Crippen molar-refractivity contribution in [1.82, 2.24) is 4.98 Å². The molecule has 0 saturated heterocycles. The molecule has 1 aromatic heterocycles. The maximum Gasteiger partial charge on any atom is 0.130 e. The minimum atomic E-state index is -0.215. The zero-order valence-electron chi connectivity index (χ0n) is 11.1. The number of anilines is 1. The van der Waals surface area contributed by atoms with E-state index in [1.807, 2.05) is 6.07 Å². The fourth-order valence-electron chi connectivity index (χ4n) is 1.99. The number of nitrogens with zero attached hydrogens (tertiary/aromatic N) is 1. The van der Waals surface area contributed by atoms with Crippen molar-refractivity contribution >= 4 is 16.7 Å². The minimum Gasteiger partial charge on any atom is -0.370 e. The van der Waals surface area contributed by atoms with Gasteiger partial charge in [0.25, 0.3) is 0 Å². The van der Waals surface area contributed by atoms with E-state index in [9.17, 15) is 4.39 Å². The van der Waals surface area contributed by atoms with Gasteiger partial charge >= 0.3 is 0 Å². The van der Waals surface area contributed by atoms with E-state index in [2.05, 4.69) is 31.1 Å². The topological polar surface area (TPSA) is 24.9 Å². The van der Waals surface area contributed by atoms with Gasteiger partial charge in [-0.25, -0.2) is 9.37 Å². The molecule has 0 spiro atoms. The first-order valence-electron chi connectivity index (χ1n) is 6.46. The van der Waals surface area contributed by atoms with Gasteiger partial charge in [-0.15, -0.1) is 0 Å². The van der Waals surface area contributed by atoms with E-state index in [1.165, 1.54) is 12.1 Å². The van der Waals surface area contributed by atoms with Crippen LogP contribution in [0.4, 0.5) is 10.2 Å². The number of hydrogen-bond donors (Lipinski definition) is 1. The van der Waals surface area contributed by atoms with Crippen LogP contribution in [0.1, 0.15) is 38.7 Å². The van der Waals surface area contributed by atoms with Crippen molar-refractivity contribution in [3.8, 4) is 0 Å². The fourth-order valence-corrected chi connectivity index (χ4v) is 1.99. The highest BCUT2D eigenvalue weighted by Crippen LogP contribution is 2.27. The predicted molar refractivity (Wildman–Crippen MR) is 74.6 cm³/mol. The average molecular weight is 246 g/mol. The van der Waals surface area contributed by atoms with Crippen molar-refractivity contribution < 1.29 is 4.39 Å². The summed E-state index contributed by atoms with van der Waals surface area (Å²) in [7, 11) is 0. The van der Waals surface area contributed by atoms with Crippen LogP contribution in [0.5, 0.6) is 0 Å². The number of aromatic nitrogens is 1. The number of halogens is 1. The van der Waals surface area contributed by atoms with Gasteiger partial charge in [0.05, 0.1) is 5.52 Å². The van der Waals surface area contributed by atoms with E-state index in [0.717, 1.165) is 35.2 Å². The van der Waals surface area contributed by atoms with E-state index in [-0.39, 0.29) is 5.82 Å². The molecular formula is C15H19FN2. The summed E-state index contributed by atoms with van der Waals surface area (Å²) in [5.74, 6) is 1.07. The van der Waals surface area contributed by atoms with Crippen molar-refractivity contribution in [3.63, 3.8) is 0 Å². The third-order valence-electron chi connectivity index (χ3n) is 2.97. The summed E-state index contributed by atoms with van der Waals surface area (Å²) in [4.78, 5) is 4.60. The molecule has 0 radical (unpaired) electrons. The van der Waals surface area contributed by atoms with Crippen LogP contribution in [0.15, 0.2) is 24.3 Å². The van der Waals surface area contributed by atoms with Crippen molar-refractivity contribution in [1.29, 1.82) is 0 Å². The number of pyridine rings is 1. The summed E-state index contributed by atoms with van der Waals surface area (Å²) in [6, 6.07) is 6.76. The molecular weight excluding hydrogens is 227 g/mol. The first kappa shape index (κ1) is 12.8. The number of rotatable bonds is 4. The number of fused-ring (bicyclic) bond motifs is 1. The van der Waals surface area contributed by atoms with Crippen molar-refractivity contribution in [2.45, 2.75) is 33.1 Å². The molecule has 2 rings (SSSR count). The maximum absolute atomic E-state index is 13.2. The number of hydrogen-bond acceptors (Lipinski definition) is 2. The highest BCUT2D eigenvalue weighted by Gasteiger charge is 2.10. The lowest BCUT2D eigenvalue weighted by Crippen LogP contribution is -2.06. The first-order chi connectivity index (χ1) is 8.61. The Morgan fingerprint density at radius 2 is 2.06 bits per heavy atom. The molecule has 0 amide bonds. The van der Waals surface area contributed by atoms with Gasteiger partial charge in [0.1, 0.15) is 11.6 Å². The van der Waals surface area contributed by atoms with Crippen molar-refractivity contribution in [2.75, 3.05) is 11.9 Å². The standard InChI is InChI=1S/C15H19FN2/c1-4-7-17-15-13(10(2)3)9-11-8-12(16)5-6-14(11)18-15/h5-6,8-10H,4,7H2,1-3H3,(H,17,18). The number of benzene rings is 1. The van der Waals surface area contributed by atoms with E-state index >= 15 is 0 Å². The van der Waals surface area contributed by atoms with Gasteiger partial charge in [0, 0.05) is 11.9 Å². The lowest BCUT2D eigenvalue weighted by molar-refractivity contribution is 0.629. The highest BCUT2D eigenvalue weighted by atomic mass is 19.1. The van der Waals surface area contributed by atoms with E-state index in [4.69, 9.17) is 0 Å². The zero-order valence-corrected chi connectivity index (χ0v) is 11.1. The average Bonchev–Trinajstić information content (AvgIpc) is 2.35. The normalized spacial score (nSPS) is 11.2. The van der Waals surface area contributed by atoms with Crippen LogP contribution in [0.25, 0.3) is 10.9 Å². The summed E-state index contributed by atoms with van der Waals surface area (Å²) in [6.07, 6.45) is 1.06. The molecule has 1 heterocycles. The number of nitrogens with one attached hydrogen (secondary N) is 1. The van der Waals surface area contributed by atoms with Crippen LogP contribution < -0.4 is 5.32 Å². The molecule has 1 aromatic carbocycles. The molecule has 18 heavy (non-hydrogen) atoms.